The molecule has 9 heteroatoms. The predicted molar refractivity (Wildman–Crippen MR) is 104 cm³/mol. The second kappa shape index (κ2) is 7.15. The van der Waals surface area contributed by atoms with Crippen LogP contribution in [0.5, 0.6) is 0 Å². The molecule has 9 nitrogen and oxygen atoms in total. The molecule has 3 aliphatic carbocycles. The summed E-state index contributed by atoms with van der Waals surface area (Å²) in [4.78, 5) is 35.4. The largest absolute Gasteiger partial charge is 0.457 e. The third kappa shape index (κ3) is 3.11. The number of hydrogen-bond donors (Lipinski definition) is 1. The number of ether oxygens (including phenoxy) is 5. The summed E-state index contributed by atoms with van der Waals surface area (Å²) in [6, 6.07) is 0. The van der Waals surface area contributed by atoms with Crippen molar-refractivity contribution in [2.75, 3.05) is 0 Å². The maximum Gasteiger partial charge on any atom is 0.303 e. The van der Waals surface area contributed by atoms with E-state index in [1.54, 1.807) is 0 Å². The standard InChI is InChI=1S/C22H32O9/c1-10(23)27-15-14(26)16(28-11(2)24)18-19(17(15)29-12(3)25)31-22(30-18)9-13-7-8-21(22,6)20(13,4)5/h13-19,26H,7-9H2,1-6H3/t13-,14-,15-,16-,17+,18+,19-,21-,22?/m1/s1. The molecular formula is C22H32O9. The Hall–Kier alpha value is -1.71. The molecule has 0 radical (unpaired) electrons. The van der Waals surface area contributed by atoms with Crippen LogP contribution in [-0.2, 0) is 38.1 Å². The summed E-state index contributed by atoms with van der Waals surface area (Å²) in [6.45, 7) is 10.2. The van der Waals surface area contributed by atoms with E-state index in [4.69, 9.17) is 23.7 Å². The van der Waals surface area contributed by atoms with Crippen molar-refractivity contribution in [1.29, 1.82) is 0 Å². The lowest BCUT2D eigenvalue weighted by Crippen LogP contribution is -2.65. The lowest BCUT2D eigenvalue weighted by molar-refractivity contribution is -0.258. The lowest BCUT2D eigenvalue weighted by Gasteiger charge is -2.45. The van der Waals surface area contributed by atoms with Gasteiger partial charge in [-0.25, -0.2) is 0 Å². The van der Waals surface area contributed by atoms with Gasteiger partial charge in [0.1, 0.15) is 18.3 Å². The molecule has 1 heterocycles. The van der Waals surface area contributed by atoms with Crippen LogP contribution >= 0.6 is 0 Å². The van der Waals surface area contributed by atoms with Crippen molar-refractivity contribution in [3.63, 3.8) is 0 Å². The summed E-state index contributed by atoms with van der Waals surface area (Å²) < 4.78 is 29.4. The van der Waals surface area contributed by atoms with Gasteiger partial charge in [-0.2, -0.15) is 0 Å². The third-order valence-corrected chi connectivity index (χ3v) is 8.32. The molecule has 4 rings (SSSR count). The third-order valence-electron chi connectivity index (χ3n) is 8.32. The van der Waals surface area contributed by atoms with E-state index in [-0.39, 0.29) is 10.8 Å². The molecule has 0 aromatic carbocycles. The second-order valence-corrected chi connectivity index (χ2v) is 10.1. The highest BCUT2D eigenvalue weighted by molar-refractivity contribution is 5.68. The summed E-state index contributed by atoms with van der Waals surface area (Å²) in [5, 5.41) is 11.0. The zero-order chi connectivity index (χ0) is 22.9. The molecule has 4 aliphatic rings. The second-order valence-electron chi connectivity index (χ2n) is 10.1. The van der Waals surface area contributed by atoms with E-state index in [1.807, 2.05) is 0 Å². The maximum absolute atomic E-state index is 11.9. The first-order chi connectivity index (χ1) is 14.3. The number of fused-ring (bicyclic) bond motifs is 4. The van der Waals surface area contributed by atoms with Crippen LogP contribution in [-0.4, -0.2) is 65.4 Å². The zero-order valence-corrected chi connectivity index (χ0v) is 18.9. The Balaban J connectivity index is 1.76. The van der Waals surface area contributed by atoms with Gasteiger partial charge >= 0.3 is 17.9 Å². The van der Waals surface area contributed by atoms with Gasteiger partial charge in [0.25, 0.3) is 0 Å². The fraction of sp³-hybridized carbons (Fsp3) is 0.864. The van der Waals surface area contributed by atoms with Crippen LogP contribution in [0.4, 0.5) is 0 Å². The van der Waals surface area contributed by atoms with E-state index in [9.17, 15) is 19.5 Å². The Morgan fingerprint density at radius 3 is 1.77 bits per heavy atom. The molecule has 1 aliphatic heterocycles. The summed E-state index contributed by atoms with van der Waals surface area (Å²) in [5.41, 5.74) is -0.381. The Labute approximate surface area is 181 Å². The van der Waals surface area contributed by atoms with Crippen LogP contribution in [0.15, 0.2) is 0 Å². The number of aliphatic hydroxyl groups is 1. The van der Waals surface area contributed by atoms with E-state index < -0.39 is 60.3 Å². The highest BCUT2D eigenvalue weighted by Crippen LogP contribution is 2.73. The molecule has 2 bridgehead atoms. The minimum atomic E-state index is -1.45. The predicted octanol–water partition coefficient (Wildman–Crippen LogP) is 1.48. The van der Waals surface area contributed by atoms with Crippen molar-refractivity contribution in [2.24, 2.45) is 16.7 Å². The average molecular weight is 440 g/mol. The van der Waals surface area contributed by atoms with Gasteiger partial charge in [-0.1, -0.05) is 20.8 Å². The molecule has 4 fully saturated rings. The Kier molecular flexibility index (Phi) is 5.18. The number of esters is 3. The van der Waals surface area contributed by atoms with Crippen LogP contribution in [0.3, 0.4) is 0 Å². The molecule has 9 atom stereocenters. The first-order valence-electron chi connectivity index (χ1n) is 10.9. The highest BCUT2D eigenvalue weighted by Gasteiger charge is 2.76. The lowest BCUT2D eigenvalue weighted by atomic mass is 9.68. The fourth-order valence-corrected chi connectivity index (χ4v) is 6.40. The van der Waals surface area contributed by atoms with Crippen molar-refractivity contribution in [1.82, 2.24) is 0 Å². The SMILES string of the molecule is CC(=O)O[C@@H]1[C@H]2OC3(C[C@H]4CC[C@]3(C)C4(C)C)O[C@H]2[C@H](OC(C)=O)[C@H](O)[C@H]1OC(C)=O. The fourth-order valence-electron chi connectivity index (χ4n) is 6.40. The molecule has 1 N–H and O–H groups in total. The molecule has 1 unspecified atom stereocenters. The van der Waals surface area contributed by atoms with Crippen molar-refractivity contribution in [3.05, 3.63) is 0 Å². The minimum absolute atomic E-state index is 0.0533. The molecule has 1 spiro atoms. The summed E-state index contributed by atoms with van der Waals surface area (Å²) in [7, 11) is 0. The van der Waals surface area contributed by atoms with Crippen LogP contribution < -0.4 is 0 Å². The summed E-state index contributed by atoms with van der Waals surface area (Å²) >= 11 is 0. The van der Waals surface area contributed by atoms with Gasteiger partial charge in [-0.05, 0) is 24.2 Å². The van der Waals surface area contributed by atoms with Crippen molar-refractivity contribution >= 4 is 17.9 Å². The molecule has 1 saturated heterocycles. The van der Waals surface area contributed by atoms with Crippen molar-refractivity contribution < 1.29 is 43.2 Å². The topological polar surface area (TPSA) is 118 Å². The van der Waals surface area contributed by atoms with E-state index in [1.165, 1.54) is 20.8 Å². The Morgan fingerprint density at radius 1 is 0.839 bits per heavy atom. The van der Waals surface area contributed by atoms with Gasteiger partial charge in [0.15, 0.2) is 24.1 Å². The van der Waals surface area contributed by atoms with E-state index >= 15 is 0 Å². The number of carbonyl (C=O) groups is 3. The molecular weight excluding hydrogens is 408 g/mol. The van der Waals surface area contributed by atoms with Crippen LogP contribution in [0, 0.1) is 16.7 Å². The van der Waals surface area contributed by atoms with Crippen LogP contribution in [0.1, 0.15) is 60.8 Å². The Bertz CT molecular complexity index is 794. The van der Waals surface area contributed by atoms with E-state index in [0.717, 1.165) is 12.8 Å². The number of hydrogen-bond acceptors (Lipinski definition) is 9. The number of carbonyl (C=O) groups excluding carboxylic acids is 3. The first kappa shape index (κ1) is 22.5. The van der Waals surface area contributed by atoms with Crippen LogP contribution in [0.2, 0.25) is 0 Å². The molecule has 0 aromatic rings. The normalized spacial score (nSPS) is 47.1. The number of rotatable bonds is 3. The zero-order valence-electron chi connectivity index (χ0n) is 18.9. The van der Waals surface area contributed by atoms with Crippen molar-refractivity contribution in [2.45, 2.75) is 103 Å². The number of aliphatic hydroxyl groups excluding tert-OH is 1. The molecule has 174 valence electrons. The van der Waals surface area contributed by atoms with E-state index in [0.29, 0.717) is 12.3 Å². The van der Waals surface area contributed by atoms with Gasteiger partial charge in [-0.3, -0.25) is 14.4 Å². The smallest absolute Gasteiger partial charge is 0.303 e. The average Bonchev–Trinajstić information content (AvgIpc) is 3.18. The quantitative estimate of drug-likeness (QED) is 0.514. The maximum atomic E-state index is 11.9. The molecule has 0 aromatic heterocycles. The van der Waals surface area contributed by atoms with E-state index in [2.05, 4.69) is 20.8 Å². The monoisotopic (exact) mass is 440 g/mol. The molecule has 31 heavy (non-hydrogen) atoms. The van der Waals surface area contributed by atoms with Gasteiger partial charge < -0.3 is 28.8 Å². The first-order valence-corrected chi connectivity index (χ1v) is 10.9. The van der Waals surface area contributed by atoms with Crippen molar-refractivity contribution in [3.8, 4) is 0 Å². The van der Waals surface area contributed by atoms with Gasteiger partial charge in [-0.15, -0.1) is 0 Å². The Morgan fingerprint density at radius 2 is 1.32 bits per heavy atom. The summed E-state index contributed by atoms with van der Waals surface area (Å²) in [6.07, 6.45) is -4.07. The van der Waals surface area contributed by atoms with Gasteiger partial charge in [0, 0.05) is 32.6 Å². The molecule has 3 saturated carbocycles. The minimum Gasteiger partial charge on any atom is -0.457 e. The van der Waals surface area contributed by atoms with Crippen LogP contribution in [0.25, 0.3) is 0 Å². The van der Waals surface area contributed by atoms with Gasteiger partial charge in [0.05, 0.1) is 0 Å². The van der Waals surface area contributed by atoms with Gasteiger partial charge in [0.2, 0.25) is 0 Å². The highest BCUT2D eigenvalue weighted by atomic mass is 16.8. The molecule has 0 amide bonds. The summed E-state index contributed by atoms with van der Waals surface area (Å²) in [5.74, 6) is -2.48.